The van der Waals surface area contributed by atoms with E-state index in [1.807, 2.05) is 12.1 Å². The van der Waals surface area contributed by atoms with Gasteiger partial charge in [-0.1, -0.05) is 24.6 Å². The standard InChI is InChI=1S/C16H17NO4/c18-14-10-11-15(19)17(14)13-8-5-4-7-12(13)6-2-1-3-9-16(20)21/h4-5,7-8,10-11H,1-3,6,9H2,(H,20,21). The lowest BCUT2D eigenvalue weighted by Crippen LogP contribution is -2.30. The molecule has 1 aromatic rings. The van der Waals surface area contributed by atoms with E-state index in [1.165, 1.54) is 17.1 Å². The highest BCUT2D eigenvalue weighted by molar-refractivity contribution is 6.28. The molecule has 0 saturated carbocycles. The van der Waals surface area contributed by atoms with Crippen molar-refractivity contribution in [1.29, 1.82) is 0 Å². The van der Waals surface area contributed by atoms with Gasteiger partial charge in [0.2, 0.25) is 0 Å². The molecule has 0 unspecified atom stereocenters. The Morgan fingerprint density at radius 2 is 1.67 bits per heavy atom. The van der Waals surface area contributed by atoms with E-state index in [9.17, 15) is 14.4 Å². The molecule has 0 aliphatic carbocycles. The van der Waals surface area contributed by atoms with Crippen LogP contribution in [0.3, 0.4) is 0 Å². The molecule has 1 aliphatic rings. The number of carboxylic acid groups (broad SMARTS) is 1. The molecular weight excluding hydrogens is 270 g/mol. The zero-order chi connectivity index (χ0) is 15.2. The third-order valence-corrected chi connectivity index (χ3v) is 3.38. The van der Waals surface area contributed by atoms with Crippen molar-refractivity contribution in [3.05, 3.63) is 42.0 Å². The maximum atomic E-state index is 11.7. The third kappa shape index (κ3) is 3.78. The molecule has 0 spiro atoms. The van der Waals surface area contributed by atoms with Gasteiger partial charge < -0.3 is 5.11 Å². The Morgan fingerprint density at radius 1 is 1.00 bits per heavy atom. The van der Waals surface area contributed by atoms with Gasteiger partial charge in [-0.25, -0.2) is 4.90 Å². The van der Waals surface area contributed by atoms with Gasteiger partial charge in [0.1, 0.15) is 0 Å². The fraction of sp³-hybridized carbons (Fsp3) is 0.312. The van der Waals surface area contributed by atoms with Crippen molar-refractivity contribution in [2.75, 3.05) is 4.90 Å². The number of unbranched alkanes of at least 4 members (excludes halogenated alkanes) is 2. The van der Waals surface area contributed by atoms with Gasteiger partial charge in [-0.2, -0.15) is 0 Å². The average Bonchev–Trinajstić information content (AvgIpc) is 2.78. The van der Waals surface area contributed by atoms with Crippen molar-refractivity contribution in [2.24, 2.45) is 0 Å². The van der Waals surface area contributed by atoms with Crippen LogP contribution in [-0.4, -0.2) is 22.9 Å². The Balaban J connectivity index is 1.99. The van der Waals surface area contributed by atoms with Crippen LogP contribution in [0, 0.1) is 0 Å². The number of aliphatic carboxylic acids is 1. The van der Waals surface area contributed by atoms with Crippen LogP contribution >= 0.6 is 0 Å². The lowest BCUT2D eigenvalue weighted by molar-refractivity contribution is -0.137. The van der Waals surface area contributed by atoms with Gasteiger partial charge in [0, 0.05) is 18.6 Å². The minimum atomic E-state index is -0.783. The Bertz CT molecular complexity index is 574. The van der Waals surface area contributed by atoms with Crippen molar-refractivity contribution >= 4 is 23.5 Å². The second-order valence-corrected chi connectivity index (χ2v) is 4.93. The number of anilines is 1. The van der Waals surface area contributed by atoms with Gasteiger partial charge in [0.25, 0.3) is 11.8 Å². The van der Waals surface area contributed by atoms with Crippen molar-refractivity contribution in [1.82, 2.24) is 0 Å². The molecule has 0 fully saturated rings. The highest BCUT2D eigenvalue weighted by Gasteiger charge is 2.26. The molecule has 5 heteroatoms. The molecule has 5 nitrogen and oxygen atoms in total. The monoisotopic (exact) mass is 287 g/mol. The molecule has 0 bridgehead atoms. The van der Waals surface area contributed by atoms with Gasteiger partial charge in [0.15, 0.2) is 0 Å². The van der Waals surface area contributed by atoms with Crippen molar-refractivity contribution < 1.29 is 19.5 Å². The quantitative estimate of drug-likeness (QED) is 0.617. The molecule has 0 atom stereocenters. The summed E-state index contributed by atoms with van der Waals surface area (Å²) in [6.45, 7) is 0. The zero-order valence-corrected chi connectivity index (χ0v) is 11.6. The summed E-state index contributed by atoms with van der Waals surface area (Å²) in [5, 5.41) is 8.59. The van der Waals surface area contributed by atoms with Crippen LogP contribution in [0.5, 0.6) is 0 Å². The fourth-order valence-corrected chi connectivity index (χ4v) is 2.35. The molecule has 1 heterocycles. The number of rotatable bonds is 7. The first-order valence-corrected chi connectivity index (χ1v) is 6.95. The van der Waals surface area contributed by atoms with Gasteiger partial charge in [-0.15, -0.1) is 0 Å². The normalized spacial score (nSPS) is 14.0. The molecule has 0 radical (unpaired) electrons. The van der Waals surface area contributed by atoms with Crippen LogP contribution in [0.2, 0.25) is 0 Å². The Morgan fingerprint density at radius 3 is 2.33 bits per heavy atom. The summed E-state index contributed by atoms with van der Waals surface area (Å²) in [6, 6.07) is 7.32. The number of carbonyl (C=O) groups is 3. The Hall–Kier alpha value is -2.43. The first kappa shape index (κ1) is 15.0. The number of amides is 2. The number of hydrogen-bond acceptors (Lipinski definition) is 3. The lowest BCUT2D eigenvalue weighted by Gasteiger charge is -2.18. The van der Waals surface area contributed by atoms with E-state index in [1.54, 1.807) is 12.1 Å². The summed E-state index contributed by atoms with van der Waals surface area (Å²) in [7, 11) is 0. The van der Waals surface area contributed by atoms with Crippen LogP contribution in [-0.2, 0) is 20.8 Å². The van der Waals surface area contributed by atoms with Crippen molar-refractivity contribution in [2.45, 2.75) is 32.1 Å². The second-order valence-electron chi connectivity index (χ2n) is 4.93. The number of para-hydroxylation sites is 1. The molecule has 0 saturated heterocycles. The lowest BCUT2D eigenvalue weighted by atomic mass is 10.0. The molecular formula is C16H17NO4. The summed E-state index contributed by atoms with van der Waals surface area (Å²) >= 11 is 0. The molecule has 0 aromatic heterocycles. The number of carboxylic acids is 1. The van der Waals surface area contributed by atoms with Crippen LogP contribution < -0.4 is 4.90 Å². The fourth-order valence-electron chi connectivity index (χ4n) is 2.35. The summed E-state index contributed by atoms with van der Waals surface area (Å²) in [5.41, 5.74) is 1.55. The van der Waals surface area contributed by atoms with Crippen molar-refractivity contribution in [3.8, 4) is 0 Å². The summed E-state index contributed by atoms with van der Waals surface area (Å²) in [4.78, 5) is 35.1. The predicted octanol–water partition coefficient (Wildman–Crippen LogP) is 2.30. The van der Waals surface area contributed by atoms with Gasteiger partial charge in [-0.3, -0.25) is 14.4 Å². The van der Waals surface area contributed by atoms with E-state index >= 15 is 0 Å². The summed E-state index contributed by atoms with van der Waals surface area (Å²) in [6.07, 6.45) is 5.70. The Kier molecular flexibility index (Phi) is 4.87. The predicted molar refractivity (Wildman–Crippen MR) is 77.9 cm³/mol. The number of carbonyl (C=O) groups excluding carboxylic acids is 2. The SMILES string of the molecule is O=C(O)CCCCCc1ccccc1N1C(=O)C=CC1=O. The first-order chi connectivity index (χ1) is 10.1. The van der Waals surface area contributed by atoms with Crippen LogP contribution in [0.15, 0.2) is 36.4 Å². The molecule has 1 aromatic carbocycles. The number of aryl methyl sites for hydroxylation is 1. The van der Waals surface area contributed by atoms with E-state index in [-0.39, 0.29) is 18.2 Å². The largest absolute Gasteiger partial charge is 0.481 e. The van der Waals surface area contributed by atoms with Crippen LogP contribution in [0.1, 0.15) is 31.2 Å². The molecule has 110 valence electrons. The number of nitrogens with zero attached hydrogens (tertiary/aromatic N) is 1. The van der Waals surface area contributed by atoms with Crippen LogP contribution in [0.4, 0.5) is 5.69 Å². The maximum absolute atomic E-state index is 11.7. The van der Waals surface area contributed by atoms with Gasteiger partial charge in [0.05, 0.1) is 5.69 Å². The van der Waals surface area contributed by atoms with E-state index in [4.69, 9.17) is 5.11 Å². The van der Waals surface area contributed by atoms with Crippen LogP contribution in [0.25, 0.3) is 0 Å². The summed E-state index contributed by atoms with van der Waals surface area (Å²) in [5.74, 6) is -1.42. The highest BCUT2D eigenvalue weighted by Crippen LogP contribution is 2.25. The smallest absolute Gasteiger partial charge is 0.303 e. The minimum absolute atomic E-state index is 0.175. The molecule has 2 amide bonds. The maximum Gasteiger partial charge on any atom is 0.303 e. The second kappa shape index (κ2) is 6.83. The molecule has 2 rings (SSSR count). The number of hydrogen-bond donors (Lipinski definition) is 1. The molecule has 1 N–H and O–H groups in total. The Labute approximate surface area is 122 Å². The zero-order valence-electron chi connectivity index (χ0n) is 11.6. The van der Waals surface area contributed by atoms with Gasteiger partial charge in [-0.05, 0) is 30.9 Å². The topological polar surface area (TPSA) is 74.7 Å². The number of imide groups is 1. The molecule has 1 aliphatic heterocycles. The summed E-state index contributed by atoms with van der Waals surface area (Å²) < 4.78 is 0. The average molecular weight is 287 g/mol. The first-order valence-electron chi connectivity index (χ1n) is 6.95. The number of benzene rings is 1. The van der Waals surface area contributed by atoms with E-state index in [0.717, 1.165) is 18.4 Å². The minimum Gasteiger partial charge on any atom is -0.481 e. The highest BCUT2D eigenvalue weighted by atomic mass is 16.4. The van der Waals surface area contributed by atoms with E-state index in [2.05, 4.69) is 0 Å². The van der Waals surface area contributed by atoms with Crippen molar-refractivity contribution in [3.63, 3.8) is 0 Å². The van der Waals surface area contributed by atoms with E-state index < -0.39 is 5.97 Å². The molecule has 21 heavy (non-hydrogen) atoms. The third-order valence-electron chi connectivity index (χ3n) is 3.38. The van der Waals surface area contributed by atoms with Gasteiger partial charge >= 0.3 is 5.97 Å². The van der Waals surface area contributed by atoms with E-state index in [0.29, 0.717) is 18.5 Å².